The Hall–Kier alpha value is -2.80. The molecule has 1 aromatic heterocycles. The van der Waals surface area contributed by atoms with E-state index in [0.717, 1.165) is 19.4 Å². The third-order valence-electron chi connectivity index (χ3n) is 4.34. The smallest absolute Gasteiger partial charge is 0.266 e. The molecule has 0 bridgehead atoms. The Morgan fingerprint density at radius 1 is 1.23 bits per heavy atom. The van der Waals surface area contributed by atoms with Crippen LogP contribution in [0.3, 0.4) is 0 Å². The topological polar surface area (TPSA) is 70.1 Å². The van der Waals surface area contributed by atoms with Gasteiger partial charge < -0.3 is 18.9 Å². The van der Waals surface area contributed by atoms with Gasteiger partial charge in [-0.2, -0.15) is 0 Å². The lowest BCUT2D eigenvalue weighted by atomic mass is 10.2. The molecule has 7 heteroatoms. The number of nitrogens with zero attached hydrogens (tertiary/aromatic N) is 2. The first-order chi connectivity index (χ1) is 12.8. The fourth-order valence-electron chi connectivity index (χ4n) is 3.02. The van der Waals surface area contributed by atoms with E-state index in [1.165, 1.54) is 0 Å². The maximum atomic E-state index is 12.8. The molecule has 1 fully saturated rings. The number of hydrogen-bond acceptors (Lipinski definition) is 6. The molecule has 7 nitrogen and oxygen atoms in total. The quantitative estimate of drug-likeness (QED) is 0.792. The summed E-state index contributed by atoms with van der Waals surface area (Å²) in [5, 5.41) is 0. The molecule has 0 saturated carbocycles. The van der Waals surface area contributed by atoms with E-state index in [2.05, 4.69) is 4.98 Å². The van der Waals surface area contributed by atoms with Crippen LogP contribution in [-0.4, -0.2) is 43.5 Å². The number of rotatable bonds is 6. The van der Waals surface area contributed by atoms with Crippen LogP contribution in [0.1, 0.15) is 12.8 Å². The number of carbonyl (C=O) groups is 1. The van der Waals surface area contributed by atoms with Gasteiger partial charge >= 0.3 is 0 Å². The van der Waals surface area contributed by atoms with Crippen molar-refractivity contribution in [3.05, 3.63) is 42.6 Å². The zero-order valence-corrected chi connectivity index (χ0v) is 14.3. The second-order valence-corrected chi connectivity index (χ2v) is 6.13. The normalized spacial score (nSPS) is 17.9. The average Bonchev–Trinajstić information content (AvgIpc) is 3.36. The second-order valence-electron chi connectivity index (χ2n) is 6.13. The van der Waals surface area contributed by atoms with E-state index in [0.29, 0.717) is 29.6 Å². The van der Waals surface area contributed by atoms with Gasteiger partial charge in [-0.1, -0.05) is 6.07 Å². The van der Waals surface area contributed by atoms with Gasteiger partial charge in [0.2, 0.25) is 6.79 Å². The summed E-state index contributed by atoms with van der Waals surface area (Å²) in [4.78, 5) is 18.7. The Morgan fingerprint density at radius 2 is 2.15 bits per heavy atom. The molecule has 2 aliphatic rings. The van der Waals surface area contributed by atoms with Crippen molar-refractivity contribution in [3.8, 4) is 17.2 Å². The molecule has 2 aliphatic heterocycles. The molecule has 1 amide bonds. The highest BCUT2D eigenvalue weighted by Gasteiger charge is 2.25. The predicted molar refractivity (Wildman–Crippen MR) is 93.6 cm³/mol. The Balaban J connectivity index is 1.43. The molecule has 2 aromatic rings. The number of amides is 1. The Kier molecular flexibility index (Phi) is 4.88. The molecular formula is C19H20N2O5. The van der Waals surface area contributed by atoms with Crippen LogP contribution in [-0.2, 0) is 9.53 Å². The highest BCUT2D eigenvalue weighted by atomic mass is 16.7. The molecule has 0 aliphatic carbocycles. The largest absolute Gasteiger partial charge is 0.484 e. The van der Waals surface area contributed by atoms with Crippen molar-refractivity contribution in [2.24, 2.45) is 0 Å². The summed E-state index contributed by atoms with van der Waals surface area (Å²) in [5.41, 5.74) is 0. The van der Waals surface area contributed by atoms with E-state index in [1.54, 1.807) is 29.3 Å². The van der Waals surface area contributed by atoms with Gasteiger partial charge in [-0.3, -0.25) is 9.69 Å². The first kappa shape index (κ1) is 16.7. The molecule has 1 atom stereocenters. The van der Waals surface area contributed by atoms with Crippen LogP contribution in [0.4, 0.5) is 5.82 Å². The van der Waals surface area contributed by atoms with Gasteiger partial charge in [0.1, 0.15) is 11.6 Å². The van der Waals surface area contributed by atoms with Crippen LogP contribution in [0.5, 0.6) is 17.2 Å². The van der Waals surface area contributed by atoms with Crippen molar-refractivity contribution in [1.29, 1.82) is 0 Å². The van der Waals surface area contributed by atoms with Crippen molar-refractivity contribution < 1.29 is 23.7 Å². The molecule has 4 rings (SSSR count). The van der Waals surface area contributed by atoms with E-state index < -0.39 is 0 Å². The standard InChI is InChI=1S/C19H20N2O5/c22-19(12-24-14-6-7-16-17(10-14)26-13-25-16)21(11-15-4-3-9-23-15)18-5-1-2-8-20-18/h1-2,5-8,10,15H,3-4,9,11-13H2. The van der Waals surface area contributed by atoms with Gasteiger partial charge in [-0.15, -0.1) is 0 Å². The van der Waals surface area contributed by atoms with E-state index >= 15 is 0 Å². The fourth-order valence-corrected chi connectivity index (χ4v) is 3.02. The van der Waals surface area contributed by atoms with Gasteiger partial charge in [0, 0.05) is 18.9 Å². The van der Waals surface area contributed by atoms with Crippen molar-refractivity contribution >= 4 is 11.7 Å². The van der Waals surface area contributed by atoms with Crippen LogP contribution in [0, 0.1) is 0 Å². The summed E-state index contributed by atoms with van der Waals surface area (Å²) >= 11 is 0. The molecule has 1 unspecified atom stereocenters. The summed E-state index contributed by atoms with van der Waals surface area (Å²) in [5.74, 6) is 2.29. The molecule has 0 spiro atoms. The van der Waals surface area contributed by atoms with Crippen molar-refractivity contribution in [3.63, 3.8) is 0 Å². The highest BCUT2D eigenvalue weighted by molar-refractivity contribution is 5.93. The molecule has 0 N–H and O–H groups in total. The number of hydrogen-bond donors (Lipinski definition) is 0. The monoisotopic (exact) mass is 356 g/mol. The number of anilines is 1. The summed E-state index contributed by atoms with van der Waals surface area (Å²) in [6, 6.07) is 10.7. The number of ether oxygens (including phenoxy) is 4. The van der Waals surface area contributed by atoms with Crippen LogP contribution < -0.4 is 19.1 Å². The number of aromatic nitrogens is 1. The predicted octanol–water partition coefficient (Wildman–Crippen LogP) is 2.40. The zero-order valence-electron chi connectivity index (χ0n) is 14.3. The first-order valence-electron chi connectivity index (χ1n) is 8.65. The van der Waals surface area contributed by atoms with Crippen LogP contribution in [0.15, 0.2) is 42.6 Å². The number of benzene rings is 1. The van der Waals surface area contributed by atoms with Crippen LogP contribution >= 0.6 is 0 Å². The molecular weight excluding hydrogens is 336 g/mol. The number of pyridine rings is 1. The van der Waals surface area contributed by atoms with Gasteiger partial charge in [0.05, 0.1) is 12.6 Å². The molecule has 0 radical (unpaired) electrons. The lowest BCUT2D eigenvalue weighted by molar-refractivity contribution is -0.121. The molecule has 3 heterocycles. The maximum Gasteiger partial charge on any atom is 0.266 e. The average molecular weight is 356 g/mol. The lowest BCUT2D eigenvalue weighted by Gasteiger charge is -2.24. The minimum atomic E-state index is -0.170. The van der Waals surface area contributed by atoms with Gasteiger partial charge in [-0.25, -0.2) is 4.98 Å². The van der Waals surface area contributed by atoms with E-state index in [4.69, 9.17) is 18.9 Å². The van der Waals surface area contributed by atoms with Crippen LogP contribution in [0.2, 0.25) is 0 Å². The third-order valence-corrected chi connectivity index (χ3v) is 4.34. The van der Waals surface area contributed by atoms with Crippen LogP contribution in [0.25, 0.3) is 0 Å². The van der Waals surface area contributed by atoms with Crippen molar-refractivity contribution in [1.82, 2.24) is 4.98 Å². The molecule has 26 heavy (non-hydrogen) atoms. The Morgan fingerprint density at radius 3 is 2.96 bits per heavy atom. The second kappa shape index (κ2) is 7.61. The summed E-state index contributed by atoms with van der Waals surface area (Å²) < 4.78 is 21.9. The molecule has 1 aromatic carbocycles. The van der Waals surface area contributed by atoms with E-state index in [9.17, 15) is 4.79 Å². The minimum Gasteiger partial charge on any atom is -0.484 e. The SMILES string of the molecule is O=C(COc1ccc2c(c1)OCO2)N(CC1CCCO1)c1ccccn1. The third kappa shape index (κ3) is 3.72. The lowest BCUT2D eigenvalue weighted by Crippen LogP contribution is -2.40. The Labute approximate surface area is 151 Å². The van der Waals surface area contributed by atoms with Gasteiger partial charge in [0.25, 0.3) is 5.91 Å². The maximum absolute atomic E-state index is 12.8. The molecule has 1 saturated heterocycles. The van der Waals surface area contributed by atoms with Crippen molar-refractivity contribution in [2.45, 2.75) is 18.9 Å². The van der Waals surface area contributed by atoms with Gasteiger partial charge in [0.15, 0.2) is 18.1 Å². The zero-order chi connectivity index (χ0) is 17.8. The van der Waals surface area contributed by atoms with E-state index in [-0.39, 0.29) is 25.4 Å². The highest BCUT2D eigenvalue weighted by Crippen LogP contribution is 2.35. The molecule has 136 valence electrons. The Bertz CT molecular complexity index is 762. The van der Waals surface area contributed by atoms with Gasteiger partial charge in [-0.05, 0) is 37.1 Å². The fraction of sp³-hybridized carbons (Fsp3) is 0.368. The summed E-state index contributed by atoms with van der Waals surface area (Å²) in [6.45, 7) is 1.32. The summed E-state index contributed by atoms with van der Waals surface area (Å²) in [7, 11) is 0. The number of fused-ring (bicyclic) bond motifs is 1. The first-order valence-corrected chi connectivity index (χ1v) is 8.65. The summed E-state index contributed by atoms with van der Waals surface area (Å²) in [6.07, 6.45) is 3.66. The van der Waals surface area contributed by atoms with E-state index in [1.807, 2.05) is 18.2 Å². The minimum absolute atomic E-state index is 0.0338. The van der Waals surface area contributed by atoms with Crippen molar-refractivity contribution in [2.75, 3.05) is 31.5 Å². The number of carbonyl (C=O) groups excluding carboxylic acids is 1.